The minimum absolute atomic E-state index is 0.459. The molecule has 0 bridgehead atoms. The zero-order chi connectivity index (χ0) is 12.8. The minimum Gasteiger partial charge on any atom is -0.383 e. The van der Waals surface area contributed by atoms with Crippen LogP contribution in [-0.4, -0.2) is 23.1 Å². The van der Waals surface area contributed by atoms with Gasteiger partial charge in [-0.2, -0.15) is 0 Å². The summed E-state index contributed by atoms with van der Waals surface area (Å²) in [5, 5.41) is 6.88. The molecular weight excluding hydrogens is 248 g/mol. The third-order valence-electron chi connectivity index (χ3n) is 2.33. The average Bonchev–Trinajstić information content (AvgIpc) is 2.35. The lowest BCUT2D eigenvalue weighted by Crippen LogP contribution is -2.15. The van der Waals surface area contributed by atoms with E-state index in [9.17, 15) is 0 Å². The Morgan fingerprint density at radius 1 is 1.06 bits per heavy atom. The summed E-state index contributed by atoms with van der Waals surface area (Å²) in [5.41, 5.74) is 1.95. The summed E-state index contributed by atoms with van der Waals surface area (Å²) in [7, 11) is 0. The van der Waals surface area contributed by atoms with E-state index in [1.54, 1.807) is 6.07 Å². The molecule has 0 radical (unpaired) electrons. The topological polar surface area (TPSA) is 49.8 Å². The minimum atomic E-state index is 0.459. The number of rotatable bonds is 5. The molecule has 0 fully saturated rings. The van der Waals surface area contributed by atoms with Gasteiger partial charge in [-0.3, -0.25) is 0 Å². The van der Waals surface area contributed by atoms with E-state index in [1.165, 1.54) is 0 Å². The number of halogens is 1. The Bertz CT molecular complexity index is 481. The molecule has 0 saturated carbocycles. The van der Waals surface area contributed by atoms with Gasteiger partial charge in [0.05, 0.1) is 0 Å². The van der Waals surface area contributed by atoms with Crippen molar-refractivity contribution < 1.29 is 0 Å². The molecule has 0 aliphatic rings. The van der Waals surface area contributed by atoms with E-state index in [2.05, 4.69) is 20.6 Å². The molecule has 0 saturated heterocycles. The number of para-hydroxylation sites is 1. The van der Waals surface area contributed by atoms with Crippen LogP contribution in [0.4, 0.5) is 11.6 Å². The van der Waals surface area contributed by atoms with Crippen molar-refractivity contribution in [3.8, 4) is 0 Å². The van der Waals surface area contributed by atoms with Crippen LogP contribution in [0.3, 0.4) is 0 Å². The van der Waals surface area contributed by atoms with Gasteiger partial charge in [0.1, 0.15) is 5.15 Å². The highest BCUT2D eigenvalue weighted by Gasteiger charge is 1.99. The number of aryl methyl sites for hydroxylation is 1. The van der Waals surface area contributed by atoms with E-state index in [-0.39, 0.29) is 0 Å². The van der Waals surface area contributed by atoms with Crippen molar-refractivity contribution in [2.24, 2.45) is 0 Å². The summed E-state index contributed by atoms with van der Waals surface area (Å²) in [6.07, 6.45) is 0. The number of aromatic nitrogens is 2. The second-order valence-corrected chi connectivity index (χ2v) is 4.26. The predicted molar refractivity (Wildman–Crippen MR) is 75.2 cm³/mol. The average molecular weight is 263 g/mol. The van der Waals surface area contributed by atoms with Gasteiger partial charge in [-0.15, -0.1) is 0 Å². The van der Waals surface area contributed by atoms with E-state index < -0.39 is 0 Å². The van der Waals surface area contributed by atoms with Crippen molar-refractivity contribution in [1.29, 1.82) is 0 Å². The smallest absolute Gasteiger partial charge is 0.224 e. The van der Waals surface area contributed by atoms with E-state index in [0.717, 1.165) is 24.5 Å². The SMILES string of the molecule is Cc1cc(Cl)nc(NCCNc2ccccc2)n1. The maximum absolute atomic E-state index is 5.85. The van der Waals surface area contributed by atoms with Crippen molar-refractivity contribution in [1.82, 2.24) is 9.97 Å². The predicted octanol–water partition coefficient (Wildman–Crippen LogP) is 2.96. The van der Waals surface area contributed by atoms with Gasteiger partial charge in [0.25, 0.3) is 0 Å². The van der Waals surface area contributed by atoms with E-state index in [1.807, 2.05) is 37.3 Å². The Morgan fingerprint density at radius 2 is 1.78 bits per heavy atom. The van der Waals surface area contributed by atoms with Crippen LogP contribution in [0.2, 0.25) is 5.15 Å². The van der Waals surface area contributed by atoms with Gasteiger partial charge in [-0.25, -0.2) is 9.97 Å². The Hall–Kier alpha value is -1.81. The molecule has 1 aromatic heterocycles. The summed E-state index contributed by atoms with van der Waals surface area (Å²) in [4.78, 5) is 8.34. The van der Waals surface area contributed by atoms with Gasteiger partial charge in [-0.05, 0) is 25.1 Å². The molecular formula is C13H15ClN4. The molecule has 2 rings (SSSR count). The van der Waals surface area contributed by atoms with E-state index in [0.29, 0.717) is 11.1 Å². The summed E-state index contributed by atoms with van der Waals surface area (Å²) in [6.45, 7) is 3.41. The fourth-order valence-electron chi connectivity index (χ4n) is 1.55. The number of nitrogens with one attached hydrogen (secondary N) is 2. The highest BCUT2D eigenvalue weighted by molar-refractivity contribution is 6.29. The molecule has 2 aromatic rings. The van der Waals surface area contributed by atoms with Crippen LogP contribution in [0.15, 0.2) is 36.4 Å². The van der Waals surface area contributed by atoms with Crippen LogP contribution >= 0.6 is 11.6 Å². The molecule has 0 amide bonds. The van der Waals surface area contributed by atoms with Crippen molar-refractivity contribution in [2.75, 3.05) is 23.7 Å². The van der Waals surface area contributed by atoms with E-state index >= 15 is 0 Å². The molecule has 0 aliphatic carbocycles. The monoisotopic (exact) mass is 262 g/mol. The van der Waals surface area contributed by atoms with Gasteiger partial charge in [-0.1, -0.05) is 29.8 Å². The first kappa shape index (κ1) is 12.6. The van der Waals surface area contributed by atoms with Crippen LogP contribution in [0, 0.1) is 6.92 Å². The largest absolute Gasteiger partial charge is 0.383 e. The van der Waals surface area contributed by atoms with Gasteiger partial charge >= 0.3 is 0 Å². The number of benzene rings is 1. The van der Waals surface area contributed by atoms with Gasteiger partial charge < -0.3 is 10.6 Å². The highest BCUT2D eigenvalue weighted by Crippen LogP contribution is 2.09. The first-order valence-electron chi connectivity index (χ1n) is 5.78. The lowest BCUT2D eigenvalue weighted by molar-refractivity contribution is 1.01. The zero-order valence-electron chi connectivity index (χ0n) is 10.2. The Morgan fingerprint density at radius 3 is 2.50 bits per heavy atom. The molecule has 2 N–H and O–H groups in total. The van der Waals surface area contributed by atoms with E-state index in [4.69, 9.17) is 11.6 Å². The van der Waals surface area contributed by atoms with Crippen LogP contribution in [0.5, 0.6) is 0 Å². The van der Waals surface area contributed by atoms with Crippen LogP contribution in [0.1, 0.15) is 5.69 Å². The molecule has 0 spiro atoms. The Labute approximate surface area is 111 Å². The lowest BCUT2D eigenvalue weighted by atomic mass is 10.3. The maximum atomic E-state index is 5.85. The third-order valence-corrected chi connectivity index (χ3v) is 2.53. The summed E-state index contributed by atoms with van der Waals surface area (Å²) in [5.74, 6) is 0.565. The molecule has 4 nitrogen and oxygen atoms in total. The number of hydrogen-bond donors (Lipinski definition) is 2. The third kappa shape index (κ3) is 3.89. The molecule has 94 valence electrons. The Kier molecular flexibility index (Phi) is 4.36. The highest BCUT2D eigenvalue weighted by atomic mass is 35.5. The normalized spacial score (nSPS) is 10.1. The number of hydrogen-bond acceptors (Lipinski definition) is 4. The molecule has 5 heteroatoms. The molecule has 1 heterocycles. The lowest BCUT2D eigenvalue weighted by Gasteiger charge is -2.08. The van der Waals surface area contributed by atoms with Crippen molar-refractivity contribution in [3.63, 3.8) is 0 Å². The molecule has 0 aliphatic heterocycles. The van der Waals surface area contributed by atoms with Crippen molar-refractivity contribution in [3.05, 3.63) is 47.2 Å². The first-order valence-corrected chi connectivity index (χ1v) is 6.16. The molecule has 1 aromatic carbocycles. The number of anilines is 2. The van der Waals surface area contributed by atoms with Gasteiger partial charge in [0, 0.05) is 24.5 Å². The van der Waals surface area contributed by atoms with Crippen LogP contribution in [0.25, 0.3) is 0 Å². The zero-order valence-corrected chi connectivity index (χ0v) is 10.9. The fourth-order valence-corrected chi connectivity index (χ4v) is 1.78. The molecule has 0 unspecified atom stereocenters. The summed E-state index contributed by atoms with van der Waals surface area (Å²) in [6, 6.07) is 11.8. The van der Waals surface area contributed by atoms with Crippen LogP contribution in [-0.2, 0) is 0 Å². The molecule has 0 atom stereocenters. The fraction of sp³-hybridized carbons (Fsp3) is 0.231. The summed E-state index contributed by atoms with van der Waals surface area (Å²) >= 11 is 5.85. The number of nitrogens with zero attached hydrogens (tertiary/aromatic N) is 2. The standard InChI is InChI=1S/C13H15ClN4/c1-10-9-12(14)18-13(17-10)16-8-7-15-11-5-3-2-4-6-11/h2-6,9,15H,7-8H2,1H3,(H,16,17,18). The van der Waals surface area contributed by atoms with Gasteiger partial charge in [0.15, 0.2) is 0 Å². The van der Waals surface area contributed by atoms with Crippen molar-refractivity contribution >= 4 is 23.2 Å². The quantitative estimate of drug-likeness (QED) is 0.643. The maximum Gasteiger partial charge on any atom is 0.224 e. The van der Waals surface area contributed by atoms with Gasteiger partial charge in [0.2, 0.25) is 5.95 Å². The second kappa shape index (κ2) is 6.21. The Balaban J connectivity index is 1.78. The second-order valence-electron chi connectivity index (χ2n) is 3.88. The first-order chi connectivity index (χ1) is 8.74. The van der Waals surface area contributed by atoms with Crippen molar-refractivity contribution in [2.45, 2.75) is 6.92 Å². The summed E-state index contributed by atoms with van der Waals surface area (Å²) < 4.78 is 0. The van der Waals surface area contributed by atoms with Crippen LogP contribution < -0.4 is 10.6 Å². The molecule has 18 heavy (non-hydrogen) atoms.